The summed E-state index contributed by atoms with van der Waals surface area (Å²) in [4.78, 5) is 16.5. The van der Waals surface area contributed by atoms with Crippen molar-refractivity contribution in [2.45, 2.75) is 20.8 Å². The summed E-state index contributed by atoms with van der Waals surface area (Å²) in [5, 5.41) is 1.13. The van der Waals surface area contributed by atoms with Gasteiger partial charge < -0.3 is 4.74 Å². The van der Waals surface area contributed by atoms with Crippen LogP contribution in [0.4, 0.5) is 0 Å². The highest BCUT2D eigenvalue weighted by atomic mass is 35.5. The second-order valence-electron chi connectivity index (χ2n) is 5.78. The molecule has 0 aliphatic rings. The summed E-state index contributed by atoms with van der Waals surface area (Å²) in [5.74, 6) is -0.450. The van der Waals surface area contributed by atoms with Crippen LogP contribution in [0.25, 0.3) is 22.0 Å². The molecule has 0 aliphatic heterocycles. The van der Waals surface area contributed by atoms with E-state index >= 15 is 0 Å². The number of halogens is 1. The Hall–Kier alpha value is -2.39. The number of carbonyl (C=O) groups is 1. The van der Waals surface area contributed by atoms with Gasteiger partial charge in [0.05, 0.1) is 22.7 Å². The zero-order valence-corrected chi connectivity index (χ0v) is 14.6. The molecule has 24 heavy (non-hydrogen) atoms. The molecule has 1 aromatic heterocycles. The largest absolute Gasteiger partial charge is 0.462 e. The van der Waals surface area contributed by atoms with Crippen LogP contribution in [0.15, 0.2) is 42.6 Å². The molecule has 0 saturated heterocycles. The lowest BCUT2D eigenvalue weighted by Gasteiger charge is -2.11. The van der Waals surface area contributed by atoms with E-state index in [2.05, 4.69) is 37.0 Å². The number of esters is 1. The van der Waals surface area contributed by atoms with Gasteiger partial charge in [0.2, 0.25) is 0 Å². The summed E-state index contributed by atoms with van der Waals surface area (Å²) >= 11 is 6.45. The van der Waals surface area contributed by atoms with E-state index in [1.54, 1.807) is 6.92 Å². The first-order chi connectivity index (χ1) is 11.5. The fourth-order valence-corrected chi connectivity index (χ4v) is 3.18. The molecule has 4 heteroatoms. The number of nitrogens with zero attached hydrogens (tertiary/aromatic N) is 1. The van der Waals surface area contributed by atoms with Crippen LogP contribution in [0.2, 0.25) is 5.02 Å². The zero-order chi connectivity index (χ0) is 17.3. The van der Waals surface area contributed by atoms with Gasteiger partial charge in [-0.1, -0.05) is 59.1 Å². The van der Waals surface area contributed by atoms with Gasteiger partial charge in [-0.15, -0.1) is 0 Å². The monoisotopic (exact) mass is 339 g/mol. The maximum Gasteiger partial charge on any atom is 0.341 e. The fraction of sp³-hybridized carbons (Fsp3) is 0.200. The van der Waals surface area contributed by atoms with Crippen molar-refractivity contribution in [3.05, 3.63) is 64.3 Å². The lowest BCUT2D eigenvalue weighted by molar-refractivity contribution is 0.0526. The minimum atomic E-state index is -0.450. The molecular weight excluding hydrogens is 322 g/mol. The number of aromatic nitrogens is 1. The number of hydrogen-bond donors (Lipinski definition) is 0. The minimum Gasteiger partial charge on any atom is -0.462 e. The van der Waals surface area contributed by atoms with Crippen molar-refractivity contribution in [1.82, 2.24) is 4.98 Å². The lowest BCUT2D eigenvalue weighted by atomic mass is 9.98. The molecule has 0 unspecified atom stereocenters. The Labute approximate surface area is 146 Å². The van der Waals surface area contributed by atoms with Crippen molar-refractivity contribution < 1.29 is 9.53 Å². The summed E-state index contributed by atoms with van der Waals surface area (Å²) in [5.41, 5.74) is 5.54. The van der Waals surface area contributed by atoms with Gasteiger partial charge in [-0.25, -0.2) is 4.79 Å². The molecule has 0 atom stereocenters. The summed E-state index contributed by atoms with van der Waals surface area (Å²) in [6, 6.07) is 12.2. The molecule has 0 bridgehead atoms. The van der Waals surface area contributed by atoms with Crippen LogP contribution in [0.3, 0.4) is 0 Å². The molecule has 122 valence electrons. The quantitative estimate of drug-likeness (QED) is 0.604. The molecule has 0 aliphatic carbocycles. The summed E-state index contributed by atoms with van der Waals surface area (Å²) in [6.07, 6.45) is 1.49. The Morgan fingerprint density at radius 2 is 1.88 bits per heavy atom. The number of hydrogen-bond acceptors (Lipinski definition) is 3. The molecule has 1 heterocycles. The Balaban J connectivity index is 2.21. The Kier molecular flexibility index (Phi) is 4.54. The Morgan fingerprint density at radius 3 is 2.54 bits per heavy atom. The summed E-state index contributed by atoms with van der Waals surface area (Å²) < 4.78 is 5.04. The van der Waals surface area contributed by atoms with Gasteiger partial charge >= 0.3 is 5.97 Å². The van der Waals surface area contributed by atoms with E-state index in [-0.39, 0.29) is 0 Å². The fourth-order valence-electron chi connectivity index (χ4n) is 2.90. The lowest BCUT2D eigenvalue weighted by Crippen LogP contribution is -2.06. The number of ether oxygens (including phenoxy) is 1. The number of pyridine rings is 1. The van der Waals surface area contributed by atoms with Crippen LogP contribution in [0, 0.1) is 13.8 Å². The van der Waals surface area contributed by atoms with E-state index in [1.165, 1.54) is 17.3 Å². The smallest absolute Gasteiger partial charge is 0.341 e. The second-order valence-corrected chi connectivity index (χ2v) is 6.16. The molecule has 3 aromatic rings. The molecule has 0 spiro atoms. The van der Waals surface area contributed by atoms with Crippen LogP contribution in [0.1, 0.15) is 28.4 Å². The molecule has 0 fully saturated rings. The summed E-state index contributed by atoms with van der Waals surface area (Å²) in [6.45, 7) is 6.20. The van der Waals surface area contributed by atoms with Crippen molar-refractivity contribution >= 4 is 28.5 Å². The summed E-state index contributed by atoms with van der Waals surface area (Å²) in [7, 11) is 0. The Bertz CT molecular complexity index is 914. The molecule has 3 rings (SSSR count). The first kappa shape index (κ1) is 16.5. The van der Waals surface area contributed by atoms with Crippen molar-refractivity contribution in [2.75, 3.05) is 6.61 Å². The molecule has 3 nitrogen and oxygen atoms in total. The molecule has 0 saturated carbocycles. The van der Waals surface area contributed by atoms with Gasteiger partial charge in [0, 0.05) is 17.1 Å². The van der Waals surface area contributed by atoms with Gasteiger partial charge in [-0.05, 0) is 26.3 Å². The van der Waals surface area contributed by atoms with Gasteiger partial charge in [-0.3, -0.25) is 4.98 Å². The number of para-hydroxylation sites is 1. The molecular formula is C20H18ClNO2. The third-order valence-corrected chi connectivity index (χ3v) is 4.27. The van der Waals surface area contributed by atoms with E-state index in [9.17, 15) is 4.79 Å². The topological polar surface area (TPSA) is 39.2 Å². The molecule has 0 radical (unpaired) electrons. The van der Waals surface area contributed by atoms with E-state index in [1.807, 2.05) is 18.2 Å². The number of aryl methyl sites for hydroxylation is 2. The van der Waals surface area contributed by atoms with Crippen LogP contribution < -0.4 is 0 Å². The second kappa shape index (κ2) is 6.62. The number of rotatable bonds is 3. The molecule has 0 N–H and O–H groups in total. The zero-order valence-electron chi connectivity index (χ0n) is 13.9. The van der Waals surface area contributed by atoms with Crippen molar-refractivity contribution in [3.8, 4) is 11.1 Å². The molecule has 2 aromatic carbocycles. The van der Waals surface area contributed by atoms with Crippen LogP contribution in [-0.2, 0) is 4.74 Å². The predicted molar refractivity (Wildman–Crippen MR) is 97.6 cm³/mol. The van der Waals surface area contributed by atoms with E-state index in [0.717, 1.165) is 22.0 Å². The van der Waals surface area contributed by atoms with Crippen molar-refractivity contribution in [1.29, 1.82) is 0 Å². The van der Waals surface area contributed by atoms with Crippen molar-refractivity contribution in [3.63, 3.8) is 0 Å². The Morgan fingerprint density at radius 1 is 1.17 bits per heavy atom. The van der Waals surface area contributed by atoms with Gasteiger partial charge in [0.25, 0.3) is 0 Å². The molecule has 0 amide bonds. The maximum atomic E-state index is 12.0. The third-order valence-electron chi connectivity index (χ3n) is 3.86. The highest BCUT2D eigenvalue weighted by molar-refractivity contribution is 6.38. The SMILES string of the molecule is CCOC(=O)c1cnc2c(-c3cc(C)cc(C)c3)cccc2c1Cl. The van der Waals surface area contributed by atoms with Crippen LogP contribution in [-0.4, -0.2) is 17.6 Å². The maximum absolute atomic E-state index is 12.0. The van der Waals surface area contributed by atoms with E-state index in [0.29, 0.717) is 17.2 Å². The van der Waals surface area contributed by atoms with Crippen LogP contribution in [0.5, 0.6) is 0 Å². The van der Waals surface area contributed by atoms with Crippen molar-refractivity contribution in [2.24, 2.45) is 0 Å². The van der Waals surface area contributed by atoms with Gasteiger partial charge in [0.15, 0.2) is 0 Å². The highest BCUT2D eigenvalue weighted by Gasteiger charge is 2.17. The third kappa shape index (κ3) is 3.00. The first-order valence-electron chi connectivity index (χ1n) is 7.84. The van der Waals surface area contributed by atoms with Gasteiger partial charge in [0.1, 0.15) is 0 Å². The number of carbonyl (C=O) groups excluding carboxylic acids is 1. The average molecular weight is 340 g/mol. The average Bonchev–Trinajstić information content (AvgIpc) is 2.54. The normalized spacial score (nSPS) is 10.8. The van der Waals surface area contributed by atoms with Crippen LogP contribution >= 0.6 is 11.6 Å². The van der Waals surface area contributed by atoms with E-state index < -0.39 is 5.97 Å². The minimum absolute atomic E-state index is 0.295. The highest BCUT2D eigenvalue weighted by Crippen LogP contribution is 2.33. The number of benzene rings is 2. The number of fused-ring (bicyclic) bond motifs is 1. The standard InChI is InChI=1S/C20H18ClNO2/c1-4-24-20(23)17-11-22-19-15(6-5-7-16(19)18(17)21)14-9-12(2)8-13(3)10-14/h5-11H,4H2,1-3H3. The first-order valence-corrected chi connectivity index (χ1v) is 8.22. The van der Waals surface area contributed by atoms with E-state index in [4.69, 9.17) is 16.3 Å². The van der Waals surface area contributed by atoms with Gasteiger partial charge in [-0.2, -0.15) is 0 Å². The predicted octanol–water partition coefficient (Wildman–Crippen LogP) is 5.35.